The fourth-order valence-corrected chi connectivity index (χ4v) is 6.38. The molecule has 14 heteroatoms. The van der Waals surface area contributed by atoms with Gasteiger partial charge in [0.25, 0.3) is 11.8 Å². The highest BCUT2D eigenvalue weighted by molar-refractivity contribution is 6.00. The van der Waals surface area contributed by atoms with Gasteiger partial charge in [-0.05, 0) is 70.1 Å². The zero-order chi connectivity index (χ0) is 35.8. The molecule has 1 aliphatic carbocycles. The number of hydrogen-bond donors (Lipinski definition) is 2. The first-order valence-corrected chi connectivity index (χ1v) is 17.8. The number of nitrogens with zero attached hydrogens (tertiary/aromatic N) is 4. The summed E-state index contributed by atoms with van der Waals surface area (Å²) in [5.74, 6) is -1.10. The topological polar surface area (TPSA) is 160 Å². The zero-order valence-corrected chi connectivity index (χ0v) is 29.6. The Bertz CT molecular complexity index is 1560. The summed E-state index contributed by atoms with van der Waals surface area (Å²) in [6.07, 6.45) is 5.01. The maximum atomic E-state index is 13.7. The lowest BCUT2D eigenvalue weighted by atomic mass is 9.93. The molecule has 2 aromatic rings. The number of unbranched alkanes of at least 4 members (excludes halogenated alkanes) is 1. The quantitative estimate of drug-likeness (QED) is 0.301. The number of fused-ring (bicyclic) bond motifs is 1. The summed E-state index contributed by atoms with van der Waals surface area (Å²) in [7, 11) is 1.46. The number of methoxy groups -OCH3 is 1. The molecule has 3 fully saturated rings. The molecule has 1 aromatic heterocycles. The van der Waals surface area contributed by atoms with Gasteiger partial charge in [0.1, 0.15) is 23.5 Å². The molecule has 5 rings (SSSR count). The fraction of sp³-hybridized carbons (Fsp3) is 0.611. The van der Waals surface area contributed by atoms with Gasteiger partial charge in [-0.25, -0.2) is 9.78 Å². The second kappa shape index (κ2) is 17.0. The van der Waals surface area contributed by atoms with Crippen molar-refractivity contribution in [3.05, 3.63) is 35.5 Å². The summed E-state index contributed by atoms with van der Waals surface area (Å²) in [6.45, 7) is 7.32. The lowest BCUT2D eigenvalue weighted by Gasteiger charge is -2.36. The second-order valence-electron chi connectivity index (χ2n) is 13.4. The van der Waals surface area contributed by atoms with Crippen LogP contribution in [0.5, 0.6) is 5.75 Å². The third kappa shape index (κ3) is 8.82. The zero-order valence-electron chi connectivity index (χ0n) is 29.6. The van der Waals surface area contributed by atoms with Crippen molar-refractivity contribution in [2.45, 2.75) is 89.9 Å². The average molecular weight is 695 g/mol. The molecule has 1 aromatic carbocycles. The minimum absolute atomic E-state index is 0.00483. The van der Waals surface area contributed by atoms with Gasteiger partial charge in [-0.3, -0.25) is 19.2 Å². The molecular formula is C36H50N6O8. The Kier molecular flexibility index (Phi) is 12.5. The number of nitrogens with one attached hydrogen (secondary N) is 2. The number of carbonyl (C=O) groups is 5. The van der Waals surface area contributed by atoms with E-state index in [0.717, 1.165) is 44.1 Å². The Morgan fingerprint density at radius 2 is 1.72 bits per heavy atom. The maximum Gasteiger partial charge on any atom is 0.409 e. The number of pyridine rings is 1. The van der Waals surface area contributed by atoms with Crippen molar-refractivity contribution in [3.8, 4) is 5.75 Å². The van der Waals surface area contributed by atoms with Crippen LogP contribution in [0.15, 0.2) is 24.3 Å². The first-order chi connectivity index (χ1) is 24.1. The van der Waals surface area contributed by atoms with E-state index in [9.17, 15) is 24.0 Å². The summed E-state index contributed by atoms with van der Waals surface area (Å²) in [5, 5.41) is 6.48. The largest absolute Gasteiger partial charge is 0.483 e. The van der Waals surface area contributed by atoms with Gasteiger partial charge in [-0.1, -0.05) is 19.4 Å². The summed E-state index contributed by atoms with van der Waals surface area (Å²) >= 11 is 0. The Labute approximate surface area is 293 Å². The number of amides is 5. The predicted molar refractivity (Wildman–Crippen MR) is 185 cm³/mol. The number of ether oxygens (including phenoxy) is 3. The van der Waals surface area contributed by atoms with Gasteiger partial charge in [-0.15, -0.1) is 0 Å². The first kappa shape index (κ1) is 36.8. The van der Waals surface area contributed by atoms with E-state index in [4.69, 9.17) is 14.2 Å². The highest BCUT2D eigenvalue weighted by Crippen LogP contribution is 2.28. The van der Waals surface area contributed by atoms with Crippen LogP contribution in [0.4, 0.5) is 4.79 Å². The minimum Gasteiger partial charge on any atom is -0.483 e. The molecule has 1 saturated carbocycles. The summed E-state index contributed by atoms with van der Waals surface area (Å²) in [4.78, 5) is 75.4. The molecule has 5 amide bonds. The highest BCUT2D eigenvalue weighted by atomic mass is 16.6. The van der Waals surface area contributed by atoms with Crippen molar-refractivity contribution in [3.63, 3.8) is 0 Å². The average Bonchev–Trinajstić information content (AvgIpc) is 3.60. The molecule has 0 bridgehead atoms. The molecule has 3 atom stereocenters. The molecular weight excluding hydrogens is 644 g/mol. The number of piperazine rings is 1. The molecule has 2 saturated heterocycles. The van der Waals surface area contributed by atoms with Gasteiger partial charge < -0.3 is 39.5 Å². The SMILES string of the molecule is CCCCOC(=O)N1CCN(C(=O)[C@@H](NC(=O)c2cc(OCC(=O)N3CCCC3C(=O)NC3CCC3)c3ccc(C)cc3n2)[C@@H](C)OC)CC1. The smallest absolute Gasteiger partial charge is 0.409 e. The lowest BCUT2D eigenvalue weighted by Crippen LogP contribution is -2.58. The van der Waals surface area contributed by atoms with Crippen molar-refractivity contribution >= 4 is 40.6 Å². The van der Waals surface area contributed by atoms with Gasteiger partial charge in [0.2, 0.25) is 11.8 Å². The molecule has 2 aliphatic heterocycles. The van der Waals surface area contributed by atoms with Gasteiger partial charge in [-0.2, -0.15) is 0 Å². The van der Waals surface area contributed by atoms with Crippen LogP contribution in [0.25, 0.3) is 10.9 Å². The van der Waals surface area contributed by atoms with Crippen molar-refractivity contribution in [2.24, 2.45) is 0 Å². The molecule has 3 heterocycles. The van der Waals surface area contributed by atoms with Gasteiger partial charge in [0, 0.05) is 57.3 Å². The van der Waals surface area contributed by atoms with E-state index in [1.807, 2.05) is 32.0 Å². The lowest BCUT2D eigenvalue weighted by molar-refractivity contribution is -0.140. The van der Waals surface area contributed by atoms with Crippen molar-refractivity contribution in [2.75, 3.05) is 53.0 Å². The maximum absolute atomic E-state index is 13.7. The number of likely N-dealkylation sites (tertiary alicyclic amines) is 1. The van der Waals surface area contributed by atoms with Crippen molar-refractivity contribution < 1.29 is 38.2 Å². The monoisotopic (exact) mass is 694 g/mol. The first-order valence-electron chi connectivity index (χ1n) is 17.8. The van der Waals surface area contributed by atoms with E-state index in [0.29, 0.717) is 43.6 Å². The van der Waals surface area contributed by atoms with Crippen LogP contribution >= 0.6 is 0 Å². The van der Waals surface area contributed by atoms with Crippen LogP contribution in [0, 0.1) is 6.92 Å². The van der Waals surface area contributed by atoms with Crippen LogP contribution in [0.1, 0.15) is 74.8 Å². The Morgan fingerprint density at radius 3 is 2.40 bits per heavy atom. The molecule has 272 valence electrons. The standard InChI is InChI=1S/C36H50N6O8/c1-5-6-19-49-36(47)41-17-15-40(16-18-41)35(46)32(24(3)48-4)39-33(44)28-21-30(26-13-12-23(2)20-27(26)38-28)50-22-31(43)42-14-8-11-29(42)34(45)37-25-9-7-10-25/h12-13,20-21,24-25,29,32H,5-11,14-19,22H2,1-4H3,(H,37,45)(H,39,44)/t24-,29?,32+/m1/s1. The number of benzene rings is 1. The van der Waals surface area contributed by atoms with Crippen LogP contribution in [0.2, 0.25) is 0 Å². The van der Waals surface area contributed by atoms with E-state index in [-0.39, 0.29) is 54.9 Å². The summed E-state index contributed by atoms with van der Waals surface area (Å²) in [5.41, 5.74) is 1.41. The van der Waals surface area contributed by atoms with E-state index in [2.05, 4.69) is 15.6 Å². The van der Waals surface area contributed by atoms with Gasteiger partial charge >= 0.3 is 6.09 Å². The Morgan fingerprint density at radius 1 is 0.980 bits per heavy atom. The summed E-state index contributed by atoms with van der Waals surface area (Å²) in [6, 6.07) is 5.62. The molecule has 0 spiro atoms. The van der Waals surface area contributed by atoms with Crippen LogP contribution < -0.4 is 15.4 Å². The number of aromatic nitrogens is 1. The third-order valence-electron chi connectivity index (χ3n) is 9.81. The third-order valence-corrected chi connectivity index (χ3v) is 9.81. The van der Waals surface area contributed by atoms with E-state index < -0.39 is 30.2 Å². The Hall–Kier alpha value is -4.46. The van der Waals surface area contributed by atoms with Gasteiger partial charge in [0.05, 0.1) is 18.2 Å². The van der Waals surface area contributed by atoms with Crippen LogP contribution in [-0.2, 0) is 23.9 Å². The molecule has 2 N–H and O–H groups in total. The minimum atomic E-state index is -1.03. The number of hydrogen-bond acceptors (Lipinski definition) is 9. The molecule has 0 radical (unpaired) electrons. The number of carbonyl (C=O) groups excluding carboxylic acids is 5. The van der Waals surface area contributed by atoms with Crippen LogP contribution in [-0.4, -0.2) is 127 Å². The predicted octanol–water partition coefficient (Wildman–Crippen LogP) is 2.80. The molecule has 50 heavy (non-hydrogen) atoms. The normalized spacial score (nSPS) is 19.0. The summed E-state index contributed by atoms with van der Waals surface area (Å²) < 4.78 is 16.9. The van der Waals surface area contributed by atoms with Crippen molar-refractivity contribution in [1.82, 2.24) is 30.3 Å². The second-order valence-corrected chi connectivity index (χ2v) is 13.4. The van der Waals surface area contributed by atoms with Crippen molar-refractivity contribution in [1.29, 1.82) is 0 Å². The highest BCUT2D eigenvalue weighted by Gasteiger charge is 2.37. The molecule has 14 nitrogen and oxygen atoms in total. The molecule has 1 unspecified atom stereocenters. The van der Waals surface area contributed by atoms with E-state index in [1.165, 1.54) is 13.2 Å². The van der Waals surface area contributed by atoms with Gasteiger partial charge in [0.15, 0.2) is 6.61 Å². The van der Waals surface area contributed by atoms with E-state index >= 15 is 0 Å². The number of aryl methyl sites for hydroxylation is 1. The fourth-order valence-electron chi connectivity index (χ4n) is 6.38. The number of rotatable bonds is 13. The van der Waals surface area contributed by atoms with Crippen LogP contribution in [0.3, 0.4) is 0 Å². The Balaban J connectivity index is 1.27. The molecule has 3 aliphatic rings. The van der Waals surface area contributed by atoms with E-state index in [1.54, 1.807) is 21.6 Å².